The largest absolute Gasteiger partial charge is 0.508 e. The van der Waals surface area contributed by atoms with Crippen molar-refractivity contribution >= 4 is 111 Å². The molecule has 0 unspecified atom stereocenters. The SMILES string of the molecule is CC(=O)N[C@@H](CC(C)C)C(=O)N[C@H](C(=O)N[C@@H](Cc1ccccc1)C(=O)N[C@H]1CC(=O)NCCCC[C@@H](C(=O)N[C@@H](CCC(N)=O)C(=O)N[C@@H](CC(C)C)C(=O)N[C@H](C(=O)N[C@@H](CO)C(=O)NCCOCCOCC(=O)N[C@@H](CCCCN)C(N)=O)[C@@H](C)O)NC(=O)[C@H](Cc2c[nH]c3ccccc23)NC(=O)[C@H](Cc2ccc(O)cc2)NC(=O)[C@H](Cc2cnc[nH]2)NC1=O)[C@@H](C)O. The monoisotopic (exact) mass is 1830 g/mol. The van der Waals surface area contributed by atoms with Crippen LogP contribution in [0, 0.1) is 11.8 Å². The van der Waals surface area contributed by atoms with E-state index in [1.54, 1.807) is 88.5 Å². The molecular formula is C87H127N21O23. The molecule has 3 aromatic carbocycles. The van der Waals surface area contributed by atoms with Gasteiger partial charge in [0.05, 0.1) is 51.4 Å². The third-order valence-corrected chi connectivity index (χ3v) is 20.9. The number of fused-ring (bicyclic) bond motifs is 1. The Labute approximate surface area is 757 Å². The van der Waals surface area contributed by atoms with Gasteiger partial charge in [-0.3, -0.25) is 81.5 Å². The molecule has 3 heterocycles. The van der Waals surface area contributed by atoms with Gasteiger partial charge in [0.2, 0.25) is 100 Å². The van der Waals surface area contributed by atoms with Gasteiger partial charge in [-0.05, 0) is 125 Å². The fourth-order valence-corrected chi connectivity index (χ4v) is 14.0. The van der Waals surface area contributed by atoms with Crippen LogP contribution in [0.25, 0.3) is 10.9 Å². The number of ether oxygens (including phenoxy) is 2. The van der Waals surface area contributed by atoms with Crippen LogP contribution in [0.15, 0.2) is 97.6 Å². The zero-order valence-electron chi connectivity index (χ0n) is 74.5. The number of rotatable bonds is 48. The van der Waals surface area contributed by atoms with E-state index in [1.807, 2.05) is 0 Å². The van der Waals surface area contributed by atoms with Crippen molar-refractivity contribution in [3.63, 3.8) is 0 Å². The lowest BCUT2D eigenvalue weighted by Gasteiger charge is -2.29. The topological polar surface area (TPSA) is 693 Å². The van der Waals surface area contributed by atoms with Gasteiger partial charge in [-0.15, -0.1) is 0 Å². The highest BCUT2D eigenvalue weighted by atomic mass is 16.5. The maximum absolute atomic E-state index is 15.5. The number of nitrogens with zero attached hydrogens (tertiary/aromatic N) is 1. The van der Waals surface area contributed by atoms with Crippen molar-refractivity contribution in [3.8, 4) is 5.75 Å². The lowest BCUT2D eigenvalue weighted by molar-refractivity contribution is -0.137. The number of nitrogens with two attached hydrogens (primary N) is 3. The van der Waals surface area contributed by atoms with Crippen LogP contribution in [0.5, 0.6) is 5.75 Å². The molecule has 0 spiro atoms. The van der Waals surface area contributed by atoms with Crippen LogP contribution in [-0.4, -0.2) is 279 Å². The van der Waals surface area contributed by atoms with Gasteiger partial charge in [-0.2, -0.15) is 0 Å². The fourth-order valence-electron chi connectivity index (χ4n) is 14.0. The van der Waals surface area contributed by atoms with Gasteiger partial charge in [0, 0.05) is 81.1 Å². The number of aromatic nitrogens is 3. The normalized spacial score (nSPS) is 18.3. The summed E-state index contributed by atoms with van der Waals surface area (Å²) in [6.45, 7) is 8.82. The molecule has 44 nitrogen and oxygen atoms in total. The lowest BCUT2D eigenvalue weighted by atomic mass is 10.00. The molecule has 0 bridgehead atoms. The first-order valence-electron chi connectivity index (χ1n) is 43.5. The molecule has 27 N–H and O–H groups in total. The van der Waals surface area contributed by atoms with Crippen LogP contribution >= 0.6 is 0 Å². The number of benzene rings is 3. The predicted molar refractivity (Wildman–Crippen MR) is 473 cm³/mol. The predicted octanol–water partition coefficient (Wildman–Crippen LogP) is -5.24. The molecule has 15 atom stereocenters. The van der Waals surface area contributed by atoms with Crippen LogP contribution in [0.4, 0.5) is 0 Å². The highest BCUT2D eigenvalue weighted by Crippen LogP contribution is 2.22. The number of phenols is 1. The first-order chi connectivity index (χ1) is 62.3. The van der Waals surface area contributed by atoms with Crippen molar-refractivity contribution in [2.45, 2.75) is 236 Å². The van der Waals surface area contributed by atoms with Crippen LogP contribution in [0.1, 0.15) is 141 Å². The first-order valence-corrected chi connectivity index (χ1v) is 43.5. The second-order valence-corrected chi connectivity index (χ2v) is 32.9. The molecule has 5 aromatic rings. The quantitative estimate of drug-likeness (QED) is 0.0162. The van der Waals surface area contributed by atoms with E-state index in [1.165, 1.54) is 50.6 Å². The smallest absolute Gasteiger partial charge is 0.246 e. The van der Waals surface area contributed by atoms with E-state index in [-0.39, 0.29) is 102 Å². The number of para-hydroxylation sites is 1. The molecule has 2 aromatic heterocycles. The summed E-state index contributed by atoms with van der Waals surface area (Å²) < 4.78 is 10.7. The minimum atomic E-state index is -1.93. The Balaban J connectivity index is 1.31. The number of amides is 17. The van der Waals surface area contributed by atoms with Crippen molar-refractivity contribution in [3.05, 3.63) is 120 Å². The number of aromatic amines is 2. The Hall–Kier alpha value is -13.0. The van der Waals surface area contributed by atoms with Crippen LogP contribution in [0.3, 0.4) is 0 Å². The molecule has 718 valence electrons. The van der Waals surface area contributed by atoms with E-state index in [0.29, 0.717) is 53.4 Å². The van der Waals surface area contributed by atoms with Crippen molar-refractivity contribution in [2.75, 3.05) is 52.7 Å². The van der Waals surface area contributed by atoms with E-state index in [9.17, 15) is 73.2 Å². The molecule has 1 fully saturated rings. The van der Waals surface area contributed by atoms with Crippen molar-refractivity contribution < 1.29 is 111 Å². The lowest BCUT2D eigenvalue weighted by Crippen LogP contribution is -2.62. The van der Waals surface area contributed by atoms with Gasteiger partial charge in [0.15, 0.2) is 0 Å². The van der Waals surface area contributed by atoms with E-state index in [4.69, 9.17) is 26.7 Å². The molecule has 1 aliphatic heterocycles. The summed E-state index contributed by atoms with van der Waals surface area (Å²) in [5.41, 5.74) is 18.6. The van der Waals surface area contributed by atoms with Gasteiger partial charge in [0.25, 0.3) is 0 Å². The van der Waals surface area contributed by atoms with Gasteiger partial charge in [-0.25, -0.2) is 4.98 Å². The molecule has 0 aliphatic carbocycles. The molecule has 1 saturated heterocycles. The van der Waals surface area contributed by atoms with Gasteiger partial charge in [-0.1, -0.05) is 88.4 Å². The fraction of sp³-hybridized carbons (Fsp3) is 0.540. The molecule has 6 rings (SSSR count). The summed E-state index contributed by atoms with van der Waals surface area (Å²) in [5.74, 6) is -17.1. The van der Waals surface area contributed by atoms with E-state index in [2.05, 4.69) is 94.7 Å². The number of nitrogens with one attached hydrogen (secondary N) is 17. The van der Waals surface area contributed by atoms with Gasteiger partial charge < -0.3 is 137 Å². The summed E-state index contributed by atoms with van der Waals surface area (Å²) in [5, 5.41) is 81.6. The van der Waals surface area contributed by atoms with Gasteiger partial charge >= 0.3 is 0 Å². The number of aromatic hydroxyl groups is 1. The zero-order valence-corrected chi connectivity index (χ0v) is 74.5. The van der Waals surface area contributed by atoms with E-state index < -0.39 is 236 Å². The maximum Gasteiger partial charge on any atom is 0.246 e. The van der Waals surface area contributed by atoms with Crippen molar-refractivity contribution in [2.24, 2.45) is 29.0 Å². The van der Waals surface area contributed by atoms with E-state index >= 15 is 28.8 Å². The summed E-state index contributed by atoms with van der Waals surface area (Å²) >= 11 is 0. The van der Waals surface area contributed by atoms with Crippen LogP contribution in [0.2, 0.25) is 0 Å². The summed E-state index contributed by atoms with van der Waals surface area (Å²) in [6.07, 6.45) is -1.52. The minimum Gasteiger partial charge on any atom is -0.508 e. The highest BCUT2D eigenvalue weighted by Gasteiger charge is 2.40. The second-order valence-electron chi connectivity index (χ2n) is 32.9. The standard InChI is InChI=1S/C87H127N21O23/c1-47(2)35-62(96-51(7)112)84(126)107-73(49(5)110)86(128)105-65(37-52-17-9-8-10-18-52)80(122)104-68-41-71(115)92-30-16-14-22-60(98-81(123)66(39-54-42-94-58-20-12-11-19-57(54)58)102-79(121)64(38-53-23-25-56(113)26-24-53)101-82(124)67(103-83(68)125)40-55-43-91-46-95-55)77(119)99-61(27-28-70(89)114)78(120)100-63(36-48(3)4)85(127)108-74(50(6)111)87(129)106-69(44-109)76(118)93-31-32-130-33-34-131-45-72(116)97-59(75(90)117)21-13-15-29-88/h8-12,17-20,23-26,42-43,46-50,59-69,73-74,94,109-111,113H,13-16,21-22,27-41,44-45,88H2,1-7H3,(H2,89,114)(H2,90,117)(H,91,95)(H,92,115)(H,93,118)(H,96,112)(H,97,116)(H,98,123)(H,99,119)(H,100,120)(H,101,124)(H,102,121)(H,103,125)(H,104,122)(H,105,128)(H,106,129)(H,107,126)(H,108,127)/t49-,50-,59+,60+,61+,62+,63+,64+,65+,66+,67+,68+,69+,73+,74+/m1/s1. The molecule has 44 heteroatoms. The maximum atomic E-state index is 15.5. The number of H-pyrrole nitrogens is 2. The Kier molecular flexibility index (Phi) is 44.9. The van der Waals surface area contributed by atoms with E-state index in [0.717, 1.165) is 6.92 Å². The number of imidazole rings is 1. The summed E-state index contributed by atoms with van der Waals surface area (Å²) in [4.78, 5) is 250. The second kappa shape index (κ2) is 55.1. The molecular weight excluding hydrogens is 1710 g/mol. The third kappa shape index (κ3) is 37.5. The number of hydrogen-bond donors (Lipinski definition) is 24. The Morgan fingerprint density at radius 3 is 1.73 bits per heavy atom. The number of hydrogen-bond acceptors (Lipinski definition) is 25. The average Bonchev–Trinajstić information content (AvgIpc) is 1.76. The summed E-state index contributed by atoms with van der Waals surface area (Å²) in [6, 6.07) is -0.406. The highest BCUT2D eigenvalue weighted by molar-refractivity contribution is 6.01. The average molecular weight is 1840 g/mol. The summed E-state index contributed by atoms with van der Waals surface area (Å²) in [7, 11) is 0. The molecule has 0 saturated carbocycles. The Morgan fingerprint density at radius 2 is 1.14 bits per heavy atom. The Morgan fingerprint density at radius 1 is 0.557 bits per heavy atom. The molecule has 1 aliphatic rings. The number of aliphatic hydroxyl groups is 3. The first kappa shape index (κ1) is 107. The number of phenolic OH excluding ortho intramolecular Hbond substituents is 1. The number of carbonyl (C=O) groups is 17. The van der Waals surface area contributed by atoms with Crippen molar-refractivity contribution in [1.29, 1.82) is 0 Å². The zero-order chi connectivity index (χ0) is 96.4. The van der Waals surface area contributed by atoms with Crippen LogP contribution in [-0.2, 0) is 117 Å². The molecule has 17 amide bonds. The number of unbranched alkanes of at least 4 members (excludes halogenated alkanes) is 1. The third-order valence-electron chi connectivity index (χ3n) is 20.9. The number of aliphatic hydroxyl groups excluding tert-OH is 3. The minimum absolute atomic E-state index is 0.0268. The molecule has 131 heavy (non-hydrogen) atoms. The number of primary amides is 2. The molecule has 0 radical (unpaired) electrons. The Bertz CT molecular complexity index is 4630. The van der Waals surface area contributed by atoms with Crippen molar-refractivity contribution in [1.82, 2.24) is 94.7 Å². The number of carbonyl (C=O) groups excluding carboxylic acids is 17. The van der Waals surface area contributed by atoms with Crippen LogP contribution < -0.4 is 97.0 Å². The van der Waals surface area contributed by atoms with Gasteiger partial charge in [0.1, 0.15) is 90.9 Å².